The molecule has 3 aromatic rings. The Balaban J connectivity index is 1.47. The number of anilines is 1. The highest BCUT2D eigenvalue weighted by atomic mass is 16.5. The minimum absolute atomic E-state index is 0.0228. The van der Waals surface area contributed by atoms with Crippen molar-refractivity contribution in [1.82, 2.24) is 9.88 Å². The number of nitrogens with one attached hydrogen (secondary N) is 1. The average Bonchev–Trinajstić information content (AvgIpc) is 3.30. The number of esters is 1. The summed E-state index contributed by atoms with van der Waals surface area (Å²) in [6, 6.07) is 16.6. The van der Waals surface area contributed by atoms with Gasteiger partial charge in [-0.15, -0.1) is 0 Å². The van der Waals surface area contributed by atoms with E-state index in [2.05, 4.69) is 10.2 Å². The van der Waals surface area contributed by atoms with Gasteiger partial charge in [0.2, 0.25) is 0 Å². The number of carbonyl (C=O) groups is 2. The summed E-state index contributed by atoms with van der Waals surface area (Å²) in [4.78, 5) is 26.4. The van der Waals surface area contributed by atoms with E-state index in [1.54, 1.807) is 18.2 Å². The zero-order valence-corrected chi connectivity index (χ0v) is 17.6. The number of amides is 1. The zero-order valence-electron chi connectivity index (χ0n) is 17.6. The molecule has 0 spiro atoms. The van der Waals surface area contributed by atoms with E-state index >= 15 is 0 Å². The lowest BCUT2D eigenvalue weighted by atomic mass is 10.1. The molecule has 31 heavy (non-hydrogen) atoms. The number of nitrogens with zero attached hydrogens (tertiary/aromatic N) is 2. The SMILES string of the molecule is CCNC(=O)c1ccc(OC2CN(c3cccc(C(=O)OC)c3-n3cccc3)C2)cc1. The molecule has 0 radical (unpaired) electrons. The zero-order chi connectivity index (χ0) is 21.8. The number of ether oxygens (including phenoxy) is 2. The van der Waals surface area contributed by atoms with Gasteiger partial charge in [0, 0.05) is 24.5 Å². The Bertz CT molecular complexity index is 1050. The highest BCUT2D eigenvalue weighted by Crippen LogP contribution is 2.33. The Hall–Kier alpha value is -3.74. The first-order valence-electron chi connectivity index (χ1n) is 10.2. The summed E-state index contributed by atoms with van der Waals surface area (Å²) in [5, 5.41) is 2.78. The minimum atomic E-state index is -0.369. The molecular weight excluding hydrogens is 394 g/mol. The van der Waals surface area contributed by atoms with Crippen LogP contribution in [0.15, 0.2) is 67.0 Å². The van der Waals surface area contributed by atoms with E-state index < -0.39 is 0 Å². The molecule has 0 aliphatic carbocycles. The van der Waals surface area contributed by atoms with Crippen LogP contribution >= 0.6 is 0 Å². The molecule has 160 valence electrons. The second-order valence-corrected chi connectivity index (χ2v) is 7.28. The van der Waals surface area contributed by atoms with Crippen molar-refractivity contribution in [3.63, 3.8) is 0 Å². The molecule has 0 saturated carbocycles. The van der Waals surface area contributed by atoms with Crippen LogP contribution in [0.3, 0.4) is 0 Å². The van der Waals surface area contributed by atoms with Crippen molar-refractivity contribution >= 4 is 17.6 Å². The Morgan fingerprint density at radius 2 is 1.74 bits per heavy atom. The number of benzene rings is 2. The Labute approximate surface area is 181 Å². The number of carbonyl (C=O) groups excluding carboxylic acids is 2. The maximum atomic E-state index is 12.3. The fraction of sp³-hybridized carbons (Fsp3) is 0.250. The second-order valence-electron chi connectivity index (χ2n) is 7.28. The Kier molecular flexibility index (Phi) is 5.93. The molecule has 0 atom stereocenters. The van der Waals surface area contributed by atoms with Gasteiger partial charge in [0.25, 0.3) is 5.91 Å². The fourth-order valence-electron chi connectivity index (χ4n) is 3.67. The van der Waals surface area contributed by atoms with Crippen LogP contribution in [-0.2, 0) is 4.74 Å². The number of aromatic nitrogens is 1. The van der Waals surface area contributed by atoms with E-state index in [0.717, 1.165) is 17.1 Å². The maximum absolute atomic E-state index is 12.3. The lowest BCUT2D eigenvalue weighted by Gasteiger charge is -2.41. The van der Waals surface area contributed by atoms with Gasteiger partial charge in [-0.1, -0.05) is 6.07 Å². The van der Waals surface area contributed by atoms with Gasteiger partial charge in [-0.3, -0.25) is 4.79 Å². The van der Waals surface area contributed by atoms with Gasteiger partial charge >= 0.3 is 5.97 Å². The predicted molar refractivity (Wildman–Crippen MR) is 118 cm³/mol. The van der Waals surface area contributed by atoms with Crippen molar-refractivity contribution in [2.45, 2.75) is 13.0 Å². The molecule has 1 fully saturated rings. The molecule has 2 aromatic carbocycles. The summed E-state index contributed by atoms with van der Waals surface area (Å²) in [7, 11) is 1.39. The van der Waals surface area contributed by atoms with E-state index in [1.807, 2.05) is 60.3 Å². The van der Waals surface area contributed by atoms with Crippen LogP contribution in [0.25, 0.3) is 5.69 Å². The van der Waals surface area contributed by atoms with E-state index in [-0.39, 0.29) is 18.0 Å². The van der Waals surface area contributed by atoms with Crippen molar-refractivity contribution in [3.8, 4) is 11.4 Å². The Morgan fingerprint density at radius 1 is 1.03 bits per heavy atom. The quantitative estimate of drug-likeness (QED) is 0.595. The van der Waals surface area contributed by atoms with Gasteiger partial charge < -0.3 is 24.3 Å². The van der Waals surface area contributed by atoms with Gasteiger partial charge in [0.1, 0.15) is 11.9 Å². The first-order chi connectivity index (χ1) is 15.1. The monoisotopic (exact) mass is 419 g/mol. The molecule has 1 aromatic heterocycles. The molecule has 7 heteroatoms. The van der Waals surface area contributed by atoms with E-state index in [9.17, 15) is 9.59 Å². The maximum Gasteiger partial charge on any atom is 0.340 e. The van der Waals surface area contributed by atoms with Crippen molar-refractivity contribution < 1.29 is 19.1 Å². The normalized spacial score (nSPS) is 13.4. The third kappa shape index (κ3) is 4.26. The highest BCUT2D eigenvalue weighted by Gasteiger charge is 2.32. The number of rotatable bonds is 7. The molecule has 1 saturated heterocycles. The first-order valence-corrected chi connectivity index (χ1v) is 10.2. The third-order valence-electron chi connectivity index (χ3n) is 5.23. The van der Waals surface area contributed by atoms with Gasteiger partial charge in [-0.25, -0.2) is 4.79 Å². The van der Waals surface area contributed by atoms with E-state index in [0.29, 0.717) is 30.8 Å². The average molecular weight is 419 g/mol. The largest absolute Gasteiger partial charge is 0.487 e. The van der Waals surface area contributed by atoms with Crippen molar-refractivity contribution in [2.75, 3.05) is 31.6 Å². The lowest BCUT2D eigenvalue weighted by molar-refractivity contribution is 0.0600. The standard InChI is InChI=1S/C24H25N3O4/c1-3-25-23(28)17-9-11-18(12-10-17)31-19-15-27(16-19)21-8-6-7-20(24(29)30-2)22(21)26-13-4-5-14-26/h4-14,19H,3,15-16H2,1-2H3,(H,25,28). The summed E-state index contributed by atoms with van der Waals surface area (Å²) >= 11 is 0. The van der Waals surface area contributed by atoms with Gasteiger partial charge in [0.05, 0.1) is 37.1 Å². The van der Waals surface area contributed by atoms with Crippen LogP contribution in [0.5, 0.6) is 5.75 Å². The highest BCUT2D eigenvalue weighted by molar-refractivity contribution is 5.96. The molecule has 1 aliphatic heterocycles. The van der Waals surface area contributed by atoms with Crippen LogP contribution in [0, 0.1) is 0 Å². The molecule has 1 aliphatic rings. The molecular formula is C24H25N3O4. The summed E-state index contributed by atoms with van der Waals surface area (Å²) in [5.74, 6) is 0.268. The van der Waals surface area contributed by atoms with Crippen LogP contribution in [-0.4, -0.2) is 49.3 Å². The number of hydrogen-bond acceptors (Lipinski definition) is 5. The fourth-order valence-corrected chi connectivity index (χ4v) is 3.67. The molecule has 2 heterocycles. The number of hydrogen-bond donors (Lipinski definition) is 1. The summed E-state index contributed by atoms with van der Waals surface area (Å²) < 4.78 is 13.0. The summed E-state index contributed by atoms with van der Waals surface area (Å²) in [5.41, 5.74) is 2.87. The van der Waals surface area contributed by atoms with Crippen LogP contribution in [0.2, 0.25) is 0 Å². The second kappa shape index (κ2) is 8.95. The van der Waals surface area contributed by atoms with Gasteiger partial charge in [0.15, 0.2) is 0 Å². The van der Waals surface area contributed by atoms with E-state index in [4.69, 9.17) is 9.47 Å². The number of methoxy groups -OCH3 is 1. The topological polar surface area (TPSA) is 72.8 Å². The third-order valence-corrected chi connectivity index (χ3v) is 5.23. The van der Waals surface area contributed by atoms with Crippen LogP contribution in [0.1, 0.15) is 27.6 Å². The molecule has 0 bridgehead atoms. The minimum Gasteiger partial charge on any atom is -0.487 e. The Morgan fingerprint density at radius 3 is 2.39 bits per heavy atom. The number of para-hydroxylation sites is 1. The predicted octanol–water partition coefficient (Wildman–Crippen LogP) is 3.28. The summed E-state index contributed by atoms with van der Waals surface area (Å²) in [6.07, 6.45) is 3.85. The molecule has 0 unspecified atom stereocenters. The van der Waals surface area contributed by atoms with Gasteiger partial charge in [-0.05, 0) is 55.5 Å². The van der Waals surface area contributed by atoms with Crippen molar-refractivity contribution in [2.24, 2.45) is 0 Å². The lowest BCUT2D eigenvalue weighted by Crippen LogP contribution is -2.54. The van der Waals surface area contributed by atoms with Crippen molar-refractivity contribution in [1.29, 1.82) is 0 Å². The van der Waals surface area contributed by atoms with E-state index in [1.165, 1.54) is 7.11 Å². The van der Waals surface area contributed by atoms with Crippen LogP contribution in [0.4, 0.5) is 5.69 Å². The molecule has 7 nitrogen and oxygen atoms in total. The molecule has 1 amide bonds. The van der Waals surface area contributed by atoms with Crippen molar-refractivity contribution in [3.05, 3.63) is 78.1 Å². The van der Waals surface area contributed by atoms with Gasteiger partial charge in [-0.2, -0.15) is 0 Å². The molecule has 1 N–H and O–H groups in total. The smallest absolute Gasteiger partial charge is 0.340 e. The first kappa shape index (κ1) is 20.5. The molecule has 4 rings (SSSR count). The summed E-state index contributed by atoms with van der Waals surface area (Å²) in [6.45, 7) is 3.87. The van der Waals surface area contributed by atoms with Crippen LogP contribution < -0.4 is 15.0 Å².